The third kappa shape index (κ3) is 5.28. The van der Waals surface area contributed by atoms with E-state index < -0.39 is 11.6 Å². The van der Waals surface area contributed by atoms with Gasteiger partial charge in [-0.2, -0.15) is 0 Å². The van der Waals surface area contributed by atoms with Crippen LogP contribution >= 0.6 is 0 Å². The van der Waals surface area contributed by atoms with Crippen LogP contribution in [0.5, 0.6) is 5.75 Å². The SMILES string of the molecule is COCC(C)(C)NC(=O)[C@@H](N)Cc1ccc(O)cc1. The quantitative estimate of drug-likeness (QED) is 0.711. The average Bonchev–Trinajstić information content (AvgIpc) is 2.31. The molecule has 0 aliphatic carbocycles. The van der Waals surface area contributed by atoms with Crippen molar-refractivity contribution >= 4 is 5.91 Å². The lowest BCUT2D eigenvalue weighted by Crippen LogP contribution is -2.53. The van der Waals surface area contributed by atoms with E-state index in [1.807, 2.05) is 13.8 Å². The molecule has 0 aromatic heterocycles. The van der Waals surface area contributed by atoms with E-state index in [4.69, 9.17) is 10.5 Å². The van der Waals surface area contributed by atoms with Crippen LogP contribution in [-0.4, -0.2) is 36.3 Å². The molecule has 0 aliphatic heterocycles. The van der Waals surface area contributed by atoms with E-state index in [1.165, 1.54) is 0 Å². The second-order valence-corrected chi connectivity index (χ2v) is 5.28. The minimum absolute atomic E-state index is 0.197. The molecule has 106 valence electrons. The maximum atomic E-state index is 12.0. The number of carbonyl (C=O) groups is 1. The van der Waals surface area contributed by atoms with Crippen molar-refractivity contribution in [2.75, 3.05) is 13.7 Å². The number of benzene rings is 1. The number of ether oxygens (including phenoxy) is 1. The smallest absolute Gasteiger partial charge is 0.237 e. The molecular weight excluding hydrogens is 244 g/mol. The lowest BCUT2D eigenvalue weighted by atomic mass is 10.0. The summed E-state index contributed by atoms with van der Waals surface area (Å²) in [6.07, 6.45) is 0.426. The van der Waals surface area contributed by atoms with Gasteiger partial charge in [-0.15, -0.1) is 0 Å². The van der Waals surface area contributed by atoms with Crippen LogP contribution in [-0.2, 0) is 16.0 Å². The number of methoxy groups -OCH3 is 1. The summed E-state index contributed by atoms with van der Waals surface area (Å²) >= 11 is 0. The number of phenols is 1. The van der Waals surface area contributed by atoms with Gasteiger partial charge in [0.2, 0.25) is 5.91 Å². The molecule has 19 heavy (non-hydrogen) atoms. The molecule has 0 saturated carbocycles. The van der Waals surface area contributed by atoms with Crippen LogP contribution in [0.2, 0.25) is 0 Å². The van der Waals surface area contributed by atoms with Crippen molar-refractivity contribution in [3.63, 3.8) is 0 Å². The number of hydrogen-bond acceptors (Lipinski definition) is 4. The van der Waals surface area contributed by atoms with E-state index in [1.54, 1.807) is 31.4 Å². The number of rotatable bonds is 6. The average molecular weight is 266 g/mol. The maximum Gasteiger partial charge on any atom is 0.237 e. The van der Waals surface area contributed by atoms with Gasteiger partial charge in [0.1, 0.15) is 5.75 Å². The van der Waals surface area contributed by atoms with E-state index in [9.17, 15) is 9.90 Å². The minimum Gasteiger partial charge on any atom is -0.508 e. The first-order valence-corrected chi connectivity index (χ1v) is 6.18. The Kier molecular flexibility index (Phi) is 5.32. The van der Waals surface area contributed by atoms with Crippen LogP contribution in [0, 0.1) is 0 Å². The van der Waals surface area contributed by atoms with Crippen LogP contribution in [0.3, 0.4) is 0 Å². The summed E-state index contributed by atoms with van der Waals surface area (Å²) in [5.74, 6) is -0.0156. The van der Waals surface area contributed by atoms with Crippen molar-refractivity contribution in [2.24, 2.45) is 5.73 Å². The predicted octanol–water partition coefficient (Wildman–Crippen LogP) is 0.803. The zero-order chi connectivity index (χ0) is 14.5. The number of nitrogens with two attached hydrogens (primary N) is 1. The zero-order valence-electron chi connectivity index (χ0n) is 11.6. The van der Waals surface area contributed by atoms with Crippen molar-refractivity contribution in [1.29, 1.82) is 0 Å². The van der Waals surface area contributed by atoms with Gasteiger partial charge >= 0.3 is 0 Å². The molecule has 0 heterocycles. The molecule has 1 amide bonds. The Bertz CT molecular complexity index is 415. The second kappa shape index (κ2) is 6.54. The first-order chi connectivity index (χ1) is 8.84. The van der Waals surface area contributed by atoms with Gasteiger partial charge in [0.05, 0.1) is 18.2 Å². The van der Waals surface area contributed by atoms with Gasteiger partial charge in [-0.1, -0.05) is 12.1 Å². The lowest BCUT2D eigenvalue weighted by Gasteiger charge is -2.27. The fourth-order valence-electron chi connectivity index (χ4n) is 1.80. The molecule has 5 nitrogen and oxygen atoms in total. The third-order valence-corrected chi connectivity index (χ3v) is 2.70. The van der Waals surface area contributed by atoms with E-state index in [2.05, 4.69) is 5.32 Å². The van der Waals surface area contributed by atoms with Gasteiger partial charge in [0.25, 0.3) is 0 Å². The summed E-state index contributed by atoms with van der Waals surface area (Å²) in [5, 5.41) is 12.0. The molecule has 0 saturated heterocycles. The van der Waals surface area contributed by atoms with Crippen LogP contribution in [0.4, 0.5) is 0 Å². The number of nitrogens with one attached hydrogen (secondary N) is 1. The summed E-state index contributed by atoms with van der Waals surface area (Å²) < 4.78 is 5.04. The second-order valence-electron chi connectivity index (χ2n) is 5.28. The molecule has 0 fully saturated rings. The highest BCUT2D eigenvalue weighted by molar-refractivity contribution is 5.82. The van der Waals surface area contributed by atoms with Crippen molar-refractivity contribution in [3.8, 4) is 5.75 Å². The Morgan fingerprint density at radius 3 is 2.53 bits per heavy atom. The van der Waals surface area contributed by atoms with Crippen molar-refractivity contribution in [2.45, 2.75) is 31.8 Å². The molecule has 0 spiro atoms. The number of aromatic hydroxyl groups is 1. The van der Waals surface area contributed by atoms with Gasteiger partial charge in [-0.05, 0) is 38.0 Å². The van der Waals surface area contributed by atoms with Crippen molar-refractivity contribution in [3.05, 3.63) is 29.8 Å². The molecular formula is C14H22N2O3. The van der Waals surface area contributed by atoms with E-state index >= 15 is 0 Å². The Labute approximate surface area is 113 Å². The standard InChI is InChI=1S/C14H22N2O3/c1-14(2,9-19-3)16-13(18)12(15)8-10-4-6-11(17)7-5-10/h4-7,12,17H,8-9,15H2,1-3H3,(H,16,18)/t12-/m0/s1. The molecule has 0 radical (unpaired) electrons. The normalized spacial score (nSPS) is 13.1. The van der Waals surface area contributed by atoms with E-state index in [0.717, 1.165) is 5.56 Å². The first kappa shape index (κ1) is 15.5. The predicted molar refractivity (Wildman–Crippen MR) is 73.9 cm³/mol. The molecule has 0 aliphatic rings. The summed E-state index contributed by atoms with van der Waals surface area (Å²) in [5.41, 5.74) is 6.34. The third-order valence-electron chi connectivity index (χ3n) is 2.70. The minimum atomic E-state index is -0.624. The highest BCUT2D eigenvalue weighted by Crippen LogP contribution is 2.11. The Balaban J connectivity index is 2.55. The number of phenolic OH excluding ortho intramolecular Hbond substituents is 1. The van der Waals surface area contributed by atoms with Gasteiger partial charge in [0, 0.05) is 7.11 Å². The zero-order valence-corrected chi connectivity index (χ0v) is 11.6. The monoisotopic (exact) mass is 266 g/mol. The van der Waals surface area contributed by atoms with Crippen molar-refractivity contribution in [1.82, 2.24) is 5.32 Å². The topological polar surface area (TPSA) is 84.6 Å². The van der Waals surface area contributed by atoms with Crippen LogP contribution in [0.15, 0.2) is 24.3 Å². The summed E-state index contributed by atoms with van der Waals surface area (Å²) in [4.78, 5) is 12.0. The molecule has 1 atom stereocenters. The molecule has 4 N–H and O–H groups in total. The molecule has 5 heteroatoms. The lowest BCUT2D eigenvalue weighted by molar-refractivity contribution is -0.124. The number of amides is 1. The van der Waals surface area contributed by atoms with Crippen molar-refractivity contribution < 1.29 is 14.6 Å². The molecule has 0 unspecified atom stereocenters. The van der Waals surface area contributed by atoms with Gasteiger partial charge < -0.3 is 20.9 Å². The van der Waals surface area contributed by atoms with Gasteiger partial charge in [0.15, 0.2) is 0 Å². The number of carbonyl (C=O) groups excluding carboxylic acids is 1. The molecule has 1 aromatic carbocycles. The van der Waals surface area contributed by atoms with E-state index in [-0.39, 0.29) is 11.7 Å². The summed E-state index contributed by atoms with van der Waals surface area (Å²) in [7, 11) is 1.59. The first-order valence-electron chi connectivity index (χ1n) is 6.18. The summed E-state index contributed by atoms with van der Waals surface area (Å²) in [6, 6.07) is 6.04. The van der Waals surface area contributed by atoms with Crippen LogP contribution in [0.25, 0.3) is 0 Å². The molecule has 0 bridgehead atoms. The largest absolute Gasteiger partial charge is 0.508 e. The Morgan fingerprint density at radius 1 is 1.42 bits per heavy atom. The molecule has 1 aromatic rings. The van der Waals surface area contributed by atoms with Crippen LogP contribution < -0.4 is 11.1 Å². The fourth-order valence-corrected chi connectivity index (χ4v) is 1.80. The summed E-state index contributed by atoms with van der Waals surface area (Å²) in [6.45, 7) is 4.17. The maximum absolute atomic E-state index is 12.0. The number of hydrogen-bond donors (Lipinski definition) is 3. The highest BCUT2D eigenvalue weighted by atomic mass is 16.5. The van der Waals surface area contributed by atoms with Crippen LogP contribution in [0.1, 0.15) is 19.4 Å². The Morgan fingerprint density at radius 2 is 2.00 bits per heavy atom. The highest BCUT2D eigenvalue weighted by Gasteiger charge is 2.23. The molecule has 1 rings (SSSR count). The van der Waals surface area contributed by atoms with E-state index in [0.29, 0.717) is 13.0 Å². The van der Waals surface area contributed by atoms with Gasteiger partial charge in [-0.25, -0.2) is 0 Å². The van der Waals surface area contributed by atoms with Gasteiger partial charge in [-0.3, -0.25) is 4.79 Å². The Hall–Kier alpha value is -1.59. The fraction of sp³-hybridized carbons (Fsp3) is 0.500.